The molecule has 0 bridgehead atoms. The summed E-state index contributed by atoms with van der Waals surface area (Å²) in [7, 11) is 0. The molecular formula is C6H8N4O2. The van der Waals surface area contributed by atoms with E-state index in [1.807, 2.05) is 0 Å². The minimum Gasteiger partial charge on any atom is -0.365 e. The Morgan fingerprint density at radius 2 is 2.42 bits per heavy atom. The maximum atomic E-state index is 10.7. The molecule has 0 aliphatic heterocycles. The van der Waals surface area contributed by atoms with Gasteiger partial charge in [-0.2, -0.15) is 0 Å². The fourth-order valence-electron chi connectivity index (χ4n) is 0.736. The van der Waals surface area contributed by atoms with Crippen molar-refractivity contribution in [2.75, 3.05) is 5.48 Å². The van der Waals surface area contributed by atoms with E-state index in [1.165, 1.54) is 6.20 Å². The molecule has 12 heavy (non-hydrogen) atoms. The molecule has 1 rings (SSSR count). The summed E-state index contributed by atoms with van der Waals surface area (Å²) in [6.45, 7) is 1.63. The number of carbonyl (C=O) groups excluding carboxylic acids is 1. The van der Waals surface area contributed by atoms with Crippen LogP contribution in [0.2, 0.25) is 0 Å². The van der Waals surface area contributed by atoms with Gasteiger partial charge in [0, 0.05) is 6.20 Å². The highest BCUT2D eigenvalue weighted by atomic mass is 16.5. The molecule has 1 aromatic heterocycles. The fraction of sp³-hybridized carbons (Fsp3) is 0.167. The molecule has 6 nitrogen and oxygen atoms in total. The van der Waals surface area contributed by atoms with Crippen molar-refractivity contribution in [2.45, 2.75) is 6.92 Å². The number of aryl methyl sites for hydroxylation is 1. The van der Waals surface area contributed by atoms with E-state index in [0.29, 0.717) is 5.82 Å². The molecule has 0 saturated heterocycles. The fourth-order valence-corrected chi connectivity index (χ4v) is 0.736. The molecule has 0 aromatic carbocycles. The van der Waals surface area contributed by atoms with Crippen molar-refractivity contribution >= 4 is 11.7 Å². The van der Waals surface area contributed by atoms with Crippen molar-refractivity contribution in [1.82, 2.24) is 9.97 Å². The first-order chi connectivity index (χ1) is 5.65. The number of nitrogens with zero attached hydrogens (tertiary/aromatic N) is 2. The summed E-state index contributed by atoms with van der Waals surface area (Å²) in [4.78, 5) is 18.2. The van der Waals surface area contributed by atoms with E-state index < -0.39 is 5.91 Å². The zero-order valence-corrected chi connectivity index (χ0v) is 6.40. The van der Waals surface area contributed by atoms with Crippen molar-refractivity contribution in [3.63, 3.8) is 0 Å². The largest absolute Gasteiger partial charge is 0.365 e. The van der Waals surface area contributed by atoms with E-state index in [1.54, 1.807) is 12.4 Å². The molecule has 1 aromatic rings. The Labute approximate surface area is 68.4 Å². The number of nitrogens with one attached hydrogen (secondary N) is 1. The van der Waals surface area contributed by atoms with Crippen LogP contribution in [0.3, 0.4) is 0 Å². The predicted molar refractivity (Wildman–Crippen MR) is 40.7 cm³/mol. The van der Waals surface area contributed by atoms with Gasteiger partial charge in [0.25, 0.3) is 5.91 Å². The van der Waals surface area contributed by atoms with Crippen LogP contribution >= 0.6 is 0 Å². The second-order valence-electron chi connectivity index (χ2n) is 2.16. The van der Waals surface area contributed by atoms with Crippen molar-refractivity contribution < 1.29 is 10.0 Å². The molecule has 0 unspecified atom stereocenters. The number of hydrogen-bond acceptors (Lipinski definition) is 5. The molecule has 0 radical (unpaired) electrons. The van der Waals surface area contributed by atoms with Crippen LogP contribution in [0.5, 0.6) is 0 Å². The zero-order valence-electron chi connectivity index (χ0n) is 6.40. The SMILES string of the molecule is Cc1ncc(C(N)=O)c(NO)n1. The summed E-state index contributed by atoms with van der Waals surface area (Å²) in [6.07, 6.45) is 1.25. The summed E-state index contributed by atoms with van der Waals surface area (Å²) < 4.78 is 0. The minimum absolute atomic E-state index is 0.0231. The van der Waals surface area contributed by atoms with Gasteiger partial charge in [-0.25, -0.2) is 9.97 Å². The summed E-state index contributed by atoms with van der Waals surface area (Å²) >= 11 is 0. The van der Waals surface area contributed by atoms with Gasteiger partial charge in [0.15, 0.2) is 5.82 Å². The van der Waals surface area contributed by atoms with Crippen LogP contribution in [-0.4, -0.2) is 21.1 Å². The van der Waals surface area contributed by atoms with Gasteiger partial charge in [-0.15, -0.1) is 0 Å². The monoisotopic (exact) mass is 168 g/mol. The molecule has 0 spiro atoms. The summed E-state index contributed by atoms with van der Waals surface area (Å²) in [5.74, 6) is -0.224. The van der Waals surface area contributed by atoms with Gasteiger partial charge in [0.1, 0.15) is 11.4 Å². The molecule has 6 heteroatoms. The lowest BCUT2D eigenvalue weighted by Gasteiger charge is -2.02. The lowest BCUT2D eigenvalue weighted by molar-refractivity contribution is 0.0999. The topological polar surface area (TPSA) is 101 Å². The number of aromatic nitrogens is 2. The highest BCUT2D eigenvalue weighted by Crippen LogP contribution is 2.08. The number of primary amides is 1. The van der Waals surface area contributed by atoms with Crippen LogP contribution in [0.15, 0.2) is 6.20 Å². The Morgan fingerprint density at radius 1 is 1.75 bits per heavy atom. The zero-order chi connectivity index (χ0) is 9.14. The number of nitrogens with two attached hydrogens (primary N) is 1. The van der Waals surface area contributed by atoms with Crippen LogP contribution in [0.1, 0.15) is 16.2 Å². The highest BCUT2D eigenvalue weighted by Gasteiger charge is 2.09. The second-order valence-corrected chi connectivity index (χ2v) is 2.16. The van der Waals surface area contributed by atoms with Gasteiger partial charge in [-0.3, -0.25) is 15.5 Å². The third-order valence-electron chi connectivity index (χ3n) is 1.28. The summed E-state index contributed by atoms with van der Waals surface area (Å²) in [5.41, 5.74) is 6.79. The van der Waals surface area contributed by atoms with Gasteiger partial charge >= 0.3 is 0 Å². The first kappa shape index (κ1) is 8.41. The number of carbonyl (C=O) groups is 1. The van der Waals surface area contributed by atoms with Crippen molar-refractivity contribution in [1.29, 1.82) is 0 Å². The maximum Gasteiger partial charge on any atom is 0.254 e. The molecule has 4 N–H and O–H groups in total. The average Bonchev–Trinajstić information content (AvgIpc) is 2.03. The van der Waals surface area contributed by atoms with Gasteiger partial charge < -0.3 is 5.73 Å². The van der Waals surface area contributed by atoms with Crippen molar-refractivity contribution in [3.8, 4) is 0 Å². The predicted octanol–water partition coefficient (Wildman–Crippen LogP) is -0.315. The molecule has 1 amide bonds. The Kier molecular flexibility index (Phi) is 2.20. The first-order valence-corrected chi connectivity index (χ1v) is 3.18. The molecular weight excluding hydrogens is 160 g/mol. The van der Waals surface area contributed by atoms with Gasteiger partial charge in [0.05, 0.1) is 0 Å². The maximum absolute atomic E-state index is 10.7. The van der Waals surface area contributed by atoms with E-state index in [0.717, 1.165) is 0 Å². The lowest BCUT2D eigenvalue weighted by Crippen LogP contribution is -2.15. The molecule has 64 valence electrons. The average molecular weight is 168 g/mol. The van der Waals surface area contributed by atoms with E-state index in [9.17, 15) is 4.79 Å². The van der Waals surface area contributed by atoms with E-state index in [-0.39, 0.29) is 11.4 Å². The quantitative estimate of drug-likeness (QED) is 0.525. The normalized spacial score (nSPS) is 9.50. The third kappa shape index (κ3) is 1.48. The number of amides is 1. The van der Waals surface area contributed by atoms with Gasteiger partial charge in [-0.05, 0) is 6.92 Å². The molecule has 0 aliphatic carbocycles. The number of anilines is 1. The lowest BCUT2D eigenvalue weighted by atomic mass is 10.3. The van der Waals surface area contributed by atoms with Crippen LogP contribution < -0.4 is 11.2 Å². The standard InChI is InChI=1S/C6H8N4O2/c1-3-8-2-4(5(7)11)6(9-3)10-12/h2,12H,1H3,(H2,7,11)(H,8,9,10). The van der Waals surface area contributed by atoms with E-state index in [4.69, 9.17) is 10.9 Å². The van der Waals surface area contributed by atoms with Gasteiger partial charge in [-0.1, -0.05) is 0 Å². The summed E-state index contributed by atoms with van der Waals surface area (Å²) in [6, 6.07) is 0. The molecule has 1 heterocycles. The Morgan fingerprint density at radius 3 is 2.92 bits per heavy atom. The molecule has 0 saturated carbocycles. The highest BCUT2D eigenvalue weighted by molar-refractivity contribution is 5.96. The minimum atomic E-state index is -0.688. The van der Waals surface area contributed by atoms with Crippen molar-refractivity contribution in [3.05, 3.63) is 17.6 Å². The number of hydrogen-bond donors (Lipinski definition) is 3. The van der Waals surface area contributed by atoms with Crippen LogP contribution in [-0.2, 0) is 0 Å². The Hall–Kier alpha value is -1.69. The Balaban J connectivity index is 3.20. The second kappa shape index (κ2) is 3.14. The number of rotatable bonds is 2. The van der Waals surface area contributed by atoms with E-state index >= 15 is 0 Å². The first-order valence-electron chi connectivity index (χ1n) is 3.18. The van der Waals surface area contributed by atoms with Crippen molar-refractivity contribution in [2.24, 2.45) is 5.73 Å². The molecule has 0 fully saturated rings. The van der Waals surface area contributed by atoms with Crippen LogP contribution in [0, 0.1) is 6.92 Å². The van der Waals surface area contributed by atoms with Crippen LogP contribution in [0.4, 0.5) is 5.82 Å². The smallest absolute Gasteiger partial charge is 0.254 e. The van der Waals surface area contributed by atoms with E-state index in [2.05, 4.69) is 9.97 Å². The summed E-state index contributed by atoms with van der Waals surface area (Å²) in [5, 5.41) is 8.54. The van der Waals surface area contributed by atoms with Crippen LogP contribution in [0.25, 0.3) is 0 Å². The third-order valence-corrected chi connectivity index (χ3v) is 1.28. The molecule has 0 aliphatic rings. The molecule has 0 atom stereocenters. The van der Waals surface area contributed by atoms with Gasteiger partial charge in [0.2, 0.25) is 0 Å². The Bertz CT molecular complexity index is 312.